The maximum atomic E-state index is 12.2. The molecule has 2 aliphatic rings. The summed E-state index contributed by atoms with van der Waals surface area (Å²) >= 11 is 0. The zero-order valence-electron chi connectivity index (χ0n) is 11.4. The first-order chi connectivity index (χ1) is 10.2. The van der Waals surface area contributed by atoms with Gasteiger partial charge in [-0.2, -0.15) is 5.26 Å². The molecule has 1 unspecified atom stereocenters. The van der Waals surface area contributed by atoms with Crippen LogP contribution in [-0.2, 0) is 16.6 Å². The van der Waals surface area contributed by atoms with Crippen molar-refractivity contribution in [3.05, 3.63) is 58.9 Å². The van der Waals surface area contributed by atoms with Crippen LogP contribution in [-0.4, -0.2) is 10.9 Å². The quantitative estimate of drug-likeness (QED) is 0.803. The summed E-state index contributed by atoms with van der Waals surface area (Å²) in [6.45, 7) is 0. The van der Waals surface area contributed by atoms with Crippen LogP contribution in [0.4, 0.5) is 5.69 Å². The van der Waals surface area contributed by atoms with Gasteiger partial charge in [0.25, 0.3) is 0 Å². The minimum Gasteiger partial charge on any atom is -0.326 e. The number of carbonyl (C=O) groups is 1. The number of carbonyl (C=O) groups excluding carboxylic acids is 1. The molecule has 1 spiro atoms. The molecular weight excluding hydrogens is 262 g/mol. The molecule has 1 aromatic carbocycles. The van der Waals surface area contributed by atoms with E-state index in [9.17, 15) is 4.79 Å². The SMILES string of the molecule is N#Cc1ccc2c(c1)NC(=O)CC21CCc2ccncc21. The molecule has 1 aliphatic heterocycles. The summed E-state index contributed by atoms with van der Waals surface area (Å²) in [6.07, 6.45) is 6.03. The molecule has 0 saturated heterocycles. The molecule has 2 heterocycles. The Morgan fingerprint density at radius 2 is 2.19 bits per heavy atom. The number of nitrogens with one attached hydrogen (secondary N) is 1. The lowest BCUT2D eigenvalue weighted by atomic mass is 9.70. The molecule has 1 amide bonds. The second kappa shape index (κ2) is 4.16. The van der Waals surface area contributed by atoms with Gasteiger partial charge in [0.1, 0.15) is 0 Å². The van der Waals surface area contributed by atoms with E-state index in [1.165, 1.54) is 5.56 Å². The van der Waals surface area contributed by atoms with Crippen molar-refractivity contribution in [1.29, 1.82) is 5.26 Å². The molecule has 1 N–H and O–H groups in total. The Bertz CT molecular complexity index is 806. The monoisotopic (exact) mass is 275 g/mol. The molecule has 0 bridgehead atoms. The van der Waals surface area contributed by atoms with Crippen molar-refractivity contribution in [2.24, 2.45) is 0 Å². The average Bonchev–Trinajstić information content (AvgIpc) is 2.86. The van der Waals surface area contributed by atoms with Gasteiger partial charge in [0, 0.05) is 29.9 Å². The lowest BCUT2D eigenvalue weighted by Gasteiger charge is -2.36. The van der Waals surface area contributed by atoms with Gasteiger partial charge in [-0.15, -0.1) is 0 Å². The molecule has 4 nitrogen and oxygen atoms in total. The van der Waals surface area contributed by atoms with E-state index in [1.807, 2.05) is 24.4 Å². The lowest BCUT2D eigenvalue weighted by molar-refractivity contribution is -0.117. The fourth-order valence-electron chi connectivity index (χ4n) is 3.72. The smallest absolute Gasteiger partial charge is 0.225 e. The number of nitriles is 1. The molecule has 4 heteroatoms. The highest BCUT2D eigenvalue weighted by atomic mass is 16.1. The topological polar surface area (TPSA) is 65.8 Å². The molecule has 21 heavy (non-hydrogen) atoms. The number of anilines is 1. The van der Waals surface area contributed by atoms with Crippen LogP contribution in [0, 0.1) is 11.3 Å². The summed E-state index contributed by atoms with van der Waals surface area (Å²) in [4.78, 5) is 16.4. The predicted molar refractivity (Wildman–Crippen MR) is 77.7 cm³/mol. The molecule has 2 aromatic rings. The number of nitrogens with zero attached hydrogens (tertiary/aromatic N) is 2. The second-order valence-corrected chi connectivity index (χ2v) is 5.71. The van der Waals surface area contributed by atoms with E-state index in [0.29, 0.717) is 12.0 Å². The van der Waals surface area contributed by atoms with Crippen molar-refractivity contribution in [3.8, 4) is 6.07 Å². The van der Waals surface area contributed by atoms with Crippen LogP contribution in [0.25, 0.3) is 0 Å². The summed E-state index contributed by atoms with van der Waals surface area (Å²) in [5, 5.41) is 12.0. The molecule has 1 atom stereocenters. The van der Waals surface area contributed by atoms with Gasteiger partial charge in [-0.3, -0.25) is 9.78 Å². The van der Waals surface area contributed by atoms with Crippen LogP contribution >= 0.6 is 0 Å². The van der Waals surface area contributed by atoms with Gasteiger partial charge >= 0.3 is 0 Å². The number of benzene rings is 1. The number of aryl methyl sites for hydroxylation is 1. The highest BCUT2D eigenvalue weighted by Crippen LogP contribution is 2.50. The first kappa shape index (κ1) is 12.1. The predicted octanol–water partition coefficient (Wildman–Crippen LogP) is 2.53. The van der Waals surface area contributed by atoms with Crippen LogP contribution in [0.15, 0.2) is 36.7 Å². The van der Waals surface area contributed by atoms with Crippen molar-refractivity contribution < 1.29 is 4.79 Å². The number of hydrogen-bond donors (Lipinski definition) is 1. The summed E-state index contributed by atoms with van der Waals surface area (Å²) in [7, 11) is 0. The van der Waals surface area contributed by atoms with Crippen molar-refractivity contribution in [2.45, 2.75) is 24.7 Å². The molecule has 1 aliphatic carbocycles. The van der Waals surface area contributed by atoms with Gasteiger partial charge in [0.15, 0.2) is 0 Å². The average molecular weight is 275 g/mol. The van der Waals surface area contributed by atoms with Crippen molar-refractivity contribution >= 4 is 11.6 Å². The van der Waals surface area contributed by atoms with E-state index >= 15 is 0 Å². The Morgan fingerprint density at radius 1 is 1.29 bits per heavy atom. The molecule has 102 valence electrons. The van der Waals surface area contributed by atoms with Gasteiger partial charge in [0.2, 0.25) is 5.91 Å². The molecule has 0 radical (unpaired) electrons. The van der Waals surface area contributed by atoms with E-state index in [2.05, 4.69) is 16.4 Å². The first-order valence-corrected chi connectivity index (χ1v) is 7.01. The van der Waals surface area contributed by atoms with E-state index < -0.39 is 0 Å². The number of amides is 1. The zero-order chi connectivity index (χ0) is 14.4. The minimum atomic E-state index is -0.282. The number of rotatable bonds is 0. The molecule has 4 rings (SSSR count). The normalized spacial score (nSPS) is 22.3. The van der Waals surface area contributed by atoms with Crippen LogP contribution in [0.2, 0.25) is 0 Å². The van der Waals surface area contributed by atoms with E-state index in [0.717, 1.165) is 29.7 Å². The fraction of sp³-hybridized carbons (Fsp3) is 0.235. The maximum Gasteiger partial charge on any atom is 0.225 e. The Balaban J connectivity index is 1.97. The van der Waals surface area contributed by atoms with Gasteiger partial charge in [-0.05, 0) is 47.7 Å². The van der Waals surface area contributed by atoms with Crippen molar-refractivity contribution in [3.63, 3.8) is 0 Å². The summed E-state index contributed by atoms with van der Waals surface area (Å²) in [5.41, 5.74) is 4.58. The van der Waals surface area contributed by atoms with Crippen molar-refractivity contribution in [1.82, 2.24) is 4.98 Å². The Kier molecular flexibility index (Phi) is 2.40. The number of pyridine rings is 1. The third-order valence-electron chi connectivity index (χ3n) is 4.65. The van der Waals surface area contributed by atoms with Crippen LogP contribution in [0.1, 0.15) is 35.1 Å². The van der Waals surface area contributed by atoms with Crippen LogP contribution in [0.3, 0.4) is 0 Å². The third-order valence-corrected chi connectivity index (χ3v) is 4.65. The maximum absolute atomic E-state index is 12.2. The van der Waals surface area contributed by atoms with E-state index in [4.69, 9.17) is 5.26 Å². The summed E-state index contributed by atoms with van der Waals surface area (Å²) in [6, 6.07) is 9.74. The van der Waals surface area contributed by atoms with E-state index in [1.54, 1.807) is 12.3 Å². The number of fused-ring (bicyclic) bond motifs is 4. The number of hydrogen-bond acceptors (Lipinski definition) is 3. The second-order valence-electron chi connectivity index (χ2n) is 5.71. The lowest BCUT2D eigenvalue weighted by Crippen LogP contribution is -2.36. The van der Waals surface area contributed by atoms with Crippen molar-refractivity contribution in [2.75, 3.05) is 5.32 Å². The highest BCUT2D eigenvalue weighted by molar-refractivity contribution is 5.97. The van der Waals surface area contributed by atoms with Gasteiger partial charge in [-0.25, -0.2) is 0 Å². The highest BCUT2D eigenvalue weighted by Gasteiger charge is 2.45. The first-order valence-electron chi connectivity index (χ1n) is 7.01. The molecular formula is C17H13N3O. The minimum absolute atomic E-state index is 0.00860. The van der Waals surface area contributed by atoms with E-state index in [-0.39, 0.29) is 11.3 Å². The van der Waals surface area contributed by atoms with Crippen LogP contribution < -0.4 is 5.32 Å². The van der Waals surface area contributed by atoms with Gasteiger partial charge in [0.05, 0.1) is 11.6 Å². The largest absolute Gasteiger partial charge is 0.326 e. The van der Waals surface area contributed by atoms with Crippen LogP contribution in [0.5, 0.6) is 0 Å². The molecule has 0 fully saturated rings. The summed E-state index contributed by atoms with van der Waals surface area (Å²) in [5.74, 6) is 0.00860. The van der Waals surface area contributed by atoms with Gasteiger partial charge in [-0.1, -0.05) is 6.07 Å². The summed E-state index contributed by atoms with van der Waals surface area (Å²) < 4.78 is 0. The number of aromatic nitrogens is 1. The third kappa shape index (κ3) is 1.61. The zero-order valence-corrected chi connectivity index (χ0v) is 11.4. The standard InChI is InChI=1S/C17H13N3O/c18-9-11-1-2-13-15(7-11)20-16(21)8-17(13)5-3-12-4-6-19-10-14(12)17/h1-2,4,6-7,10H,3,5,8H2,(H,20,21). The Morgan fingerprint density at radius 3 is 3.05 bits per heavy atom. The molecule has 0 saturated carbocycles. The Hall–Kier alpha value is -2.67. The Labute approximate surface area is 122 Å². The fourth-order valence-corrected chi connectivity index (χ4v) is 3.72. The van der Waals surface area contributed by atoms with Gasteiger partial charge < -0.3 is 5.32 Å². The molecule has 1 aromatic heterocycles.